The molecule has 59 heavy (non-hydrogen) atoms. The van der Waals surface area contributed by atoms with Gasteiger partial charge in [-0.15, -0.1) is 0 Å². The summed E-state index contributed by atoms with van der Waals surface area (Å²) in [5.41, 5.74) is 12.8. The molecule has 4 aromatic carbocycles. The van der Waals surface area contributed by atoms with Gasteiger partial charge in [-0.1, -0.05) is 119 Å². The zero-order chi connectivity index (χ0) is 42.1. The molecule has 2 unspecified atom stereocenters. The van der Waals surface area contributed by atoms with Crippen LogP contribution in [0.25, 0.3) is 21.8 Å². The number of aryl methyl sites for hydroxylation is 2. The molecule has 8 rings (SSSR count). The Morgan fingerprint density at radius 1 is 0.678 bits per heavy atom. The first kappa shape index (κ1) is 54.3. The molecule has 2 aliphatic heterocycles. The summed E-state index contributed by atoms with van der Waals surface area (Å²) in [5, 5.41) is 6.32. The van der Waals surface area contributed by atoms with Crippen LogP contribution in [0.5, 0.6) is 0 Å². The van der Waals surface area contributed by atoms with Crippen molar-refractivity contribution in [2.24, 2.45) is 0 Å². The van der Waals surface area contributed by atoms with Gasteiger partial charge in [0.25, 0.3) is 0 Å². The van der Waals surface area contributed by atoms with Crippen molar-refractivity contribution in [2.75, 3.05) is 13.1 Å². The number of nitrogens with zero attached hydrogens (tertiary/aromatic N) is 1. The molecule has 1 amide bonds. The van der Waals surface area contributed by atoms with E-state index >= 15 is 0 Å². The van der Waals surface area contributed by atoms with Crippen molar-refractivity contribution in [2.45, 2.75) is 94.7 Å². The molecule has 3 N–H and O–H groups in total. The van der Waals surface area contributed by atoms with Crippen LogP contribution in [0.1, 0.15) is 113 Å². The van der Waals surface area contributed by atoms with E-state index in [-0.39, 0.29) is 44.0 Å². The second-order valence-electron chi connectivity index (χ2n) is 13.1. The number of aromatic amines is 2. The molecule has 0 saturated heterocycles. The average Bonchev–Trinajstić information content (AvgIpc) is 3.77. The predicted molar refractivity (Wildman–Crippen MR) is 255 cm³/mol. The third-order valence-electron chi connectivity index (χ3n) is 9.33. The van der Waals surface area contributed by atoms with Gasteiger partial charge in [-0.25, -0.2) is 0 Å². The number of nitrogens with one attached hydrogen (secondary N) is 3. The third-order valence-corrected chi connectivity index (χ3v) is 9.33. The average molecular weight is 1180 g/mol. The molecular formula is C47H60I3N4O4V-. The van der Waals surface area contributed by atoms with Crippen LogP contribution in [0, 0.1) is 13.8 Å². The fraction of sp³-hybridized carbons (Fsp3) is 0.340. The fourth-order valence-corrected chi connectivity index (χ4v) is 7.20. The van der Waals surface area contributed by atoms with Crippen molar-refractivity contribution in [3.8, 4) is 0 Å². The van der Waals surface area contributed by atoms with Gasteiger partial charge in [0.15, 0.2) is 0 Å². The number of carbonyl (C=O) groups is 3. The maximum atomic E-state index is 12.2. The topological polar surface area (TPSA) is 107 Å². The monoisotopic (exact) mass is 1180 g/mol. The quantitative estimate of drug-likeness (QED) is 0.0912. The van der Waals surface area contributed by atoms with E-state index < -0.39 is 11.9 Å². The number of aromatic nitrogens is 2. The fourth-order valence-electron chi connectivity index (χ4n) is 7.20. The van der Waals surface area contributed by atoms with Crippen LogP contribution in [0.4, 0.5) is 0 Å². The number of carbonyl (C=O) groups excluding carboxylic acids is 3. The zero-order valence-corrected chi connectivity index (χ0v) is 42.8. The molecule has 2 aliphatic rings. The van der Waals surface area contributed by atoms with Crippen LogP contribution in [-0.4, -0.2) is 45.8 Å². The van der Waals surface area contributed by atoms with E-state index in [1.165, 1.54) is 69.3 Å². The first-order valence-electron chi connectivity index (χ1n) is 19.4. The first-order chi connectivity index (χ1) is 27.5. The molecule has 2 atom stereocenters. The summed E-state index contributed by atoms with van der Waals surface area (Å²) < 4.78 is 3.97. The predicted octanol–water partition coefficient (Wildman–Crippen LogP) is 9.24. The van der Waals surface area contributed by atoms with Crippen molar-refractivity contribution in [3.63, 3.8) is 0 Å². The molecule has 0 aliphatic carbocycles. The summed E-state index contributed by atoms with van der Waals surface area (Å²) in [6.45, 7) is 18.1. The van der Waals surface area contributed by atoms with Gasteiger partial charge in [-0.2, -0.15) is 0 Å². The number of ether oxygens (including phenoxy) is 1. The third kappa shape index (κ3) is 15.0. The van der Waals surface area contributed by atoms with E-state index in [0.717, 1.165) is 37.0 Å². The van der Waals surface area contributed by atoms with Crippen LogP contribution in [0.2, 0.25) is 0 Å². The van der Waals surface area contributed by atoms with Gasteiger partial charge in [-0.3, -0.25) is 14.4 Å². The second-order valence-corrected chi connectivity index (χ2v) is 29.3. The van der Waals surface area contributed by atoms with Gasteiger partial charge in [0.05, 0.1) is 12.1 Å². The van der Waals surface area contributed by atoms with Crippen molar-refractivity contribution in [3.05, 3.63) is 142 Å². The molecule has 12 heteroatoms. The molecule has 6 aromatic rings. The molecule has 4 heterocycles. The second kappa shape index (κ2) is 28.0. The number of amides is 1. The molecule has 0 spiro atoms. The SMILES string of the molecule is C.CC.CC.CC(=O)N1CCc2c([nH]c3ccc(C)cc23)C1c1ccccc1.CC(=O)OC(C)=O.Cc1ccc2[nH]c3c(c2c1)CCNC3c1ccccc1.I[I-]I.[V]. The Balaban J connectivity index is 0.000000442. The minimum absolute atomic E-state index is 0. The Kier molecular flexibility index (Phi) is 25.8. The molecule has 2 aromatic heterocycles. The summed E-state index contributed by atoms with van der Waals surface area (Å²) in [4.78, 5) is 41.0. The van der Waals surface area contributed by atoms with Gasteiger partial charge in [-0.05, 0) is 73.2 Å². The Labute approximate surface area is 393 Å². The van der Waals surface area contributed by atoms with Crippen molar-refractivity contribution in [1.29, 1.82) is 0 Å². The van der Waals surface area contributed by atoms with Crippen LogP contribution in [0.3, 0.4) is 0 Å². The summed E-state index contributed by atoms with van der Waals surface area (Å²) in [7, 11) is 0. The molecule has 0 fully saturated rings. The molecular weight excluding hydrogens is 1120 g/mol. The number of rotatable bonds is 2. The van der Waals surface area contributed by atoms with E-state index in [2.05, 4.69) is 150 Å². The largest absolute Gasteiger partial charge is 0 e. The standard InChI is InChI=1S/C20H20N2O.C18H18N2.C4H6O3.2C2H6.CH4.I3.V/c1-13-8-9-18-17(12-13)16-10-11-22(14(2)23)20(19(16)21-18)15-6-4-3-5-7-15;1-12-7-8-16-15(11-12)14-9-10-19-17(18(14)20-16)13-5-3-2-4-6-13;1-3(5)7-4(2)6;2*1-2;;1-3-2;/h3-9,12,20-21H,10-11H2,1-2H3;2-8,11,17,19-20H,9-10H2,1H3;1-2H3;2*1-2H3;1H4;;/q;;;;;;-1;. The normalized spacial score (nSPS) is 14.4. The van der Waals surface area contributed by atoms with Crippen molar-refractivity contribution >= 4 is 76.9 Å². The maximum absolute atomic E-state index is 12.2. The number of hydrogen-bond donors (Lipinski definition) is 3. The molecule has 0 bridgehead atoms. The zero-order valence-electron chi connectivity index (χ0n) is 34.9. The van der Waals surface area contributed by atoms with E-state index in [1.807, 2.05) is 50.8 Å². The summed E-state index contributed by atoms with van der Waals surface area (Å²) in [5.74, 6) is -1.00. The minimum atomic E-state index is -0.562. The van der Waals surface area contributed by atoms with E-state index in [9.17, 15) is 14.4 Å². The van der Waals surface area contributed by atoms with Gasteiger partial charge in [0.1, 0.15) is 0 Å². The molecule has 319 valence electrons. The van der Waals surface area contributed by atoms with Crippen LogP contribution in [0.15, 0.2) is 97.1 Å². The van der Waals surface area contributed by atoms with Crippen molar-refractivity contribution in [1.82, 2.24) is 20.2 Å². The van der Waals surface area contributed by atoms with E-state index in [1.54, 1.807) is 6.92 Å². The maximum Gasteiger partial charge on any atom is 0 e. The van der Waals surface area contributed by atoms with Crippen LogP contribution < -0.4 is 18.6 Å². The number of benzene rings is 4. The Morgan fingerprint density at radius 3 is 1.56 bits per heavy atom. The van der Waals surface area contributed by atoms with Crippen LogP contribution >= 0.6 is 37.2 Å². The number of esters is 2. The first-order valence-corrected chi connectivity index (χ1v) is 32.0. The summed E-state index contributed by atoms with van der Waals surface area (Å²) in [6.07, 6.45) is 2.00. The number of hydrogen-bond acceptors (Lipinski definition) is 5. The number of H-pyrrole nitrogens is 2. The van der Waals surface area contributed by atoms with Crippen LogP contribution in [-0.2, 0) is 50.5 Å². The molecule has 1 radical (unpaired) electrons. The van der Waals surface area contributed by atoms with Gasteiger partial charge < -0.3 is 24.9 Å². The number of halogens is 3. The Hall–Kier alpha value is -2.70. The smallest absolute Gasteiger partial charge is 0 e. The Bertz CT molecular complexity index is 2180. The summed E-state index contributed by atoms with van der Waals surface area (Å²) >= 11 is 5.30. The van der Waals surface area contributed by atoms with E-state index in [4.69, 9.17) is 0 Å². The van der Waals surface area contributed by atoms with E-state index in [0.29, 0.717) is 13.3 Å². The van der Waals surface area contributed by atoms with Gasteiger partial charge in [0.2, 0.25) is 5.91 Å². The minimum Gasteiger partial charge on any atom is 0 e. The molecule has 8 nitrogen and oxygen atoms in total. The Morgan fingerprint density at radius 2 is 1.12 bits per heavy atom. The summed E-state index contributed by atoms with van der Waals surface area (Å²) in [6, 6.07) is 34.4. The van der Waals surface area contributed by atoms with Gasteiger partial charge >= 0.3 is 62.4 Å². The van der Waals surface area contributed by atoms with Gasteiger partial charge in [0, 0.05) is 85.6 Å². The number of fused-ring (bicyclic) bond motifs is 6. The van der Waals surface area contributed by atoms with Crippen molar-refractivity contribution < 1.29 is 50.9 Å². The molecule has 0 saturated carbocycles.